The first-order valence-electron chi connectivity index (χ1n) is 10.3. The van der Waals surface area contributed by atoms with Gasteiger partial charge in [-0.05, 0) is 32.3 Å². The fraction of sp³-hybridized carbons (Fsp3) is 0.455. The molecule has 0 amide bonds. The lowest BCUT2D eigenvalue weighted by Crippen LogP contribution is -2.42. The van der Waals surface area contributed by atoms with Crippen molar-refractivity contribution in [2.24, 2.45) is 10.9 Å². The number of aromatic nitrogens is 2. The molecule has 0 radical (unpaired) electrons. The van der Waals surface area contributed by atoms with Crippen LogP contribution in [0.15, 0.2) is 47.0 Å². The van der Waals surface area contributed by atoms with Crippen LogP contribution in [0.1, 0.15) is 42.7 Å². The van der Waals surface area contributed by atoms with E-state index in [1.54, 1.807) is 11.3 Å². The van der Waals surface area contributed by atoms with E-state index in [9.17, 15) is 0 Å². The van der Waals surface area contributed by atoms with Gasteiger partial charge in [0, 0.05) is 43.4 Å². The lowest BCUT2D eigenvalue weighted by molar-refractivity contribution is -0.0265. The zero-order valence-electron chi connectivity index (χ0n) is 17.5. The molecule has 3 aromatic rings. The summed E-state index contributed by atoms with van der Waals surface area (Å²) in [6.07, 6.45) is 6.47. The normalized spacial score (nSPS) is 19.5. The van der Waals surface area contributed by atoms with E-state index in [1.807, 2.05) is 22.2 Å². The summed E-state index contributed by atoms with van der Waals surface area (Å²) < 4.78 is 8.19. The average Bonchev–Trinajstić information content (AvgIpc) is 3.33. The second kappa shape index (κ2) is 11.1. The van der Waals surface area contributed by atoms with Crippen molar-refractivity contribution in [2.45, 2.75) is 39.3 Å². The van der Waals surface area contributed by atoms with Crippen LogP contribution < -0.4 is 10.6 Å². The third-order valence-electron chi connectivity index (χ3n) is 5.27. The monoisotopic (exact) mass is 539 g/mol. The van der Waals surface area contributed by atoms with Gasteiger partial charge in [-0.2, -0.15) is 0 Å². The molecule has 8 heteroatoms. The maximum Gasteiger partial charge on any atom is 0.193 e. The summed E-state index contributed by atoms with van der Waals surface area (Å²) in [6, 6.07) is 8.72. The third kappa shape index (κ3) is 5.73. The van der Waals surface area contributed by atoms with Gasteiger partial charge in [0.2, 0.25) is 0 Å². The molecule has 1 aromatic carbocycles. The number of aryl methyl sites for hydroxylation is 1. The molecule has 3 heterocycles. The van der Waals surface area contributed by atoms with Crippen molar-refractivity contribution < 1.29 is 4.74 Å². The van der Waals surface area contributed by atoms with Gasteiger partial charge in [0.15, 0.2) is 10.9 Å². The number of aliphatic imine (C=N–C) groups is 1. The molecule has 2 unspecified atom stereocenters. The predicted octanol–water partition coefficient (Wildman–Crippen LogP) is 4.55. The van der Waals surface area contributed by atoms with Crippen LogP contribution in [0, 0.1) is 12.8 Å². The number of imidazole rings is 1. The number of guanidine groups is 1. The second-order valence-corrected chi connectivity index (χ2v) is 8.38. The number of nitrogens with zero attached hydrogens (tertiary/aromatic N) is 3. The topological polar surface area (TPSA) is 63.0 Å². The molecular formula is C22H30IN5OS. The Morgan fingerprint density at radius 3 is 2.90 bits per heavy atom. The first-order chi connectivity index (χ1) is 14.2. The van der Waals surface area contributed by atoms with Gasteiger partial charge in [0.05, 0.1) is 18.3 Å². The molecule has 6 nitrogen and oxygen atoms in total. The molecule has 2 atom stereocenters. The van der Waals surface area contributed by atoms with E-state index < -0.39 is 0 Å². The van der Waals surface area contributed by atoms with Crippen molar-refractivity contribution in [2.75, 3.05) is 19.7 Å². The van der Waals surface area contributed by atoms with Crippen molar-refractivity contribution >= 4 is 46.2 Å². The molecule has 30 heavy (non-hydrogen) atoms. The van der Waals surface area contributed by atoms with Gasteiger partial charge in [-0.25, -0.2) is 9.98 Å². The van der Waals surface area contributed by atoms with Crippen molar-refractivity contribution in [3.05, 3.63) is 58.9 Å². The minimum Gasteiger partial charge on any atom is -0.373 e. The van der Waals surface area contributed by atoms with Gasteiger partial charge in [0.1, 0.15) is 0 Å². The van der Waals surface area contributed by atoms with Gasteiger partial charge in [-0.1, -0.05) is 29.8 Å². The van der Waals surface area contributed by atoms with Crippen LogP contribution in [0.2, 0.25) is 0 Å². The van der Waals surface area contributed by atoms with E-state index in [-0.39, 0.29) is 30.1 Å². The summed E-state index contributed by atoms with van der Waals surface area (Å²) in [5, 5.41) is 8.91. The molecule has 1 aliphatic rings. The quantitative estimate of drug-likeness (QED) is 0.274. The lowest BCUT2D eigenvalue weighted by atomic mass is 9.89. The number of ether oxygens (including phenoxy) is 1. The number of rotatable bonds is 6. The highest BCUT2D eigenvalue weighted by Gasteiger charge is 2.27. The summed E-state index contributed by atoms with van der Waals surface area (Å²) in [4.78, 5) is 10.4. The third-order valence-corrected chi connectivity index (χ3v) is 6.04. The maximum atomic E-state index is 6.15. The Kier molecular flexibility index (Phi) is 8.52. The summed E-state index contributed by atoms with van der Waals surface area (Å²) in [5.41, 5.74) is 3.52. The molecule has 162 valence electrons. The smallest absolute Gasteiger partial charge is 0.193 e. The van der Waals surface area contributed by atoms with Gasteiger partial charge in [0.25, 0.3) is 0 Å². The van der Waals surface area contributed by atoms with E-state index in [4.69, 9.17) is 9.73 Å². The Labute approximate surface area is 199 Å². The number of nitrogens with one attached hydrogen (secondary N) is 2. The molecule has 1 saturated heterocycles. The largest absolute Gasteiger partial charge is 0.373 e. The van der Waals surface area contributed by atoms with Crippen LogP contribution in [-0.2, 0) is 11.3 Å². The standard InChI is InChI=1S/C22H29N5OS.HI/c1-3-23-21(25-14-19-15-27-10-12-29-22(27)26-19)24-13-18-5-4-11-28-20(18)17-8-6-16(2)7-9-17;/h6-10,12,15,18,20H,3-5,11,13-14H2,1-2H3,(H2,23,24,25);1H. The number of fused-ring (bicyclic) bond motifs is 1. The number of benzene rings is 1. The Hall–Kier alpha value is -1.65. The van der Waals surface area contributed by atoms with Gasteiger partial charge in [-0.3, -0.25) is 4.40 Å². The second-order valence-electron chi connectivity index (χ2n) is 7.51. The fourth-order valence-corrected chi connectivity index (χ4v) is 4.48. The Morgan fingerprint density at radius 2 is 2.13 bits per heavy atom. The summed E-state index contributed by atoms with van der Waals surface area (Å²) in [7, 11) is 0. The highest BCUT2D eigenvalue weighted by Crippen LogP contribution is 2.33. The molecule has 0 saturated carbocycles. The molecule has 1 fully saturated rings. The molecule has 4 rings (SSSR count). The lowest BCUT2D eigenvalue weighted by Gasteiger charge is -2.32. The predicted molar refractivity (Wildman–Crippen MR) is 134 cm³/mol. The Bertz CT molecular complexity index is 924. The Morgan fingerprint density at radius 1 is 1.30 bits per heavy atom. The zero-order chi connectivity index (χ0) is 20.1. The molecule has 1 aliphatic heterocycles. The highest BCUT2D eigenvalue weighted by molar-refractivity contribution is 14.0. The van der Waals surface area contributed by atoms with E-state index >= 15 is 0 Å². The van der Waals surface area contributed by atoms with Crippen LogP contribution in [-0.4, -0.2) is 35.0 Å². The summed E-state index contributed by atoms with van der Waals surface area (Å²) in [6.45, 7) is 7.26. The first kappa shape index (κ1) is 23.0. The van der Waals surface area contributed by atoms with E-state index in [1.165, 1.54) is 11.1 Å². The van der Waals surface area contributed by atoms with Gasteiger partial charge in [-0.15, -0.1) is 35.3 Å². The number of thiazole rings is 1. The van der Waals surface area contributed by atoms with Gasteiger partial charge >= 0.3 is 0 Å². The van der Waals surface area contributed by atoms with Crippen LogP contribution in [0.4, 0.5) is 0 Å². The molecule has 0 spiro atoms. The SMILES string of the molecule is CCNC(=NCc1cn2ccsc2n1)NCC1CCCOC1c1ccc(C)cc1.I. The van der Waals surface area contributed by atoms with Crippen molar-refractivity contribution in [3.8, 4) is 0 Å². The maximum absolute atomic E-state index is 6.15. The number of hydrogen-bond donors (Lipinski definition) is 2. The van der Waals surface area contributed by atoms with Crippen molar-refractivity contribution in [1.82, 2.24) is 20.0 Å². The highest BCUT2D eigenvalue weighted by atomic mass is 127. The van der Waals surface area contributed by atoms with E-state index in [0.717, 1.165) is 49.2 Å². The molecule has 0 aliphatic carbocycles. The van der Waals surface area contributed by atoms with Crippen LogP contribution in [0.5, 0.6) is 0 Å². The van der Waals surface area contributed by atoms with Crippen LogP contribution in [0.25, 0.3) is 4.96 Å². The van der Waals surface area contributed by atoms with Gasteiger partial charge < -0.3 is 15.4 Å². The molecule has 2 aromatic heterocycles. The molecule has 2 N–H and O–H groups in total. The fourth-order valence-electron chi connectivity index (χ4n) is 3.76. The number of hydrogen-bond acceptors (Lipinski definition) is 4. The summed E-state index contributed by atoms with van der Waals surface area (Å²) in [5.74, 6) is 1.25. The molecular weight excluding hydrogens is 509 g/mol. The van der Waals surface area contributed by atoms with E-state index in [0.29, 0.717) is 12.5 Å². The molecule has 0 bridgehead atoms. The number of halogens is 1. The van der Waals surface area contributed by atoms with Crippen molar-refractivity contribution in [1.29, 1.82) is 0 Å². The summed E-state index contributed by atoms with van der Waals surface area (Å²) >= 11 is 1.64. The van der Waals surface area contributed by atoms with E-state index in [2.05, 4.69) is 53.7 Å². The van der Waals surface area contributed by atoms with Crippen molar-refractivity contribution in [3.63, 3.8) is 0 Å². The van der Waals surface area contributed by atoms with Crippen LogP contribution in [0.3, 0.4) is 0 Å². The Balaban J connectivity index is 0.00000256. The minimum absolute atomic E-state index is 0. The minimum atomic E-state index is 0. The first-order valence-corrected chi connectivity index (χ1v) is 11.2. The van der Waals surface area contributed by atoms with Crippen LogP contribution >= 0.6 is 35.3 Å². The average molecular weight is 539 g/mol. The zero-order valence-corrected chi connectivity index (χ0v) is 20.7.